The Morgan fingerprint density at radius 1 is 0.762 bits per heavy atom. The summed E-state index contributed by atoms with van der Waals surface area (Å²) >= 11 is 0. The third-order valence-electron chi connectivity index (χ3n) is 3.80. The second-order valence-corrected chi connectivity index (χ2v) is 7.24. The molecule has 0 rings (SSSR count). The van der Waals surface area contributed by atoms with Crippen molar-refractivity contribution in [3.63, 3.8) is 0 Å². The van der Waals surface area contributed by atoms with Crippen molar-refractivity contribution in [2.45, 2.75) is 112 Å². The lowest BCUT2D eigenvalue weighted by Gasteiger charge is -2.12. The molecule has 0 unspecified atom stereocenters. The summed E-state index contributed by atoms with van der Waals surface area (Å²) in [6.45, 7) is 11.2. The molecule has 0 aromatic carbocycles. The van der Waals surface area contributed by atoms with E-state index in [1.807, 2.05) is 0 Å². The van der Waals surface area contributed by atoms with E-state index in [-0.39, 0.29) is 0 Å². The molecular weight excluding hydrogens is 260 g/mol. The first-order valence-electron chi connectivity index (χ1n) is 9.05. The summed E-state index contributed by atoms with van der Waals surface area (Å²) in [7, 11) is 0. The molecule has 0 saturated heterocycles. The molecule has 2 nitrogen and oxygen atoms in total. The van der Waals surface area contributed by atoms with Crippen molar-refractivity contribution in [1.29, 1.82) is 0 Å². The maximum atomic E-state index is 10.2. The van der Waals surface area contributed by atoms with E-state index < -0.39 is 5.97 Å². The molecule has 0 atom stereocenters. The van der Waals surface area contributed by atoms with Gasteiger partial charge in [-0.15, -0.1) is 0 Å². The fourth-order valence-corrected chi connectivity index (χ4v) is 1.76. The van der Waals surface area contributed by atoms with Crippen LogP contribution < -0.4 is 0 Å². The molecule has 1 N–H and O–H groups in total. The molecule has 21 heavy (non-hydrogen) atoms. The van der Waals surface area contributed by atoms with Crippen molar-refractivity contribution < 1.29 is 9.90 Å². The Bertz CT molecular complexity index is 216. The number of rotatable bonds is 11. The van der Waals surface area contributed by atoms with Gasteiger partial charge in [0, 0.05) is 6.42 Å². The average molecular weight is 301 g/mol. The van der Waals surface area contributed by atoms with Crippen molar-refractivity contribution in [1.82, 2.24) is 0 Å². The number of carboxylic acid groups (broad SMARTS) is 1. The lowest BCUT2D eigenvalue weighted by Crippen LogP contribution is -2.00. The second-order valence-electron chi connectivity index (χ2n) is 7.24. The number of carbonyl (C=O) groups is 1. The van der Waals surface area contributed by atoms with E-state index in [1.165, 1.54) is 57.8 Å². The van der Waals surface area contributed by atoms with Crippen LogP contribution in [0.2, 0.25) is 0 Å². The normalized spacial score (nSPS) is 10.9. The second kappa shape index (κ2) is 15.9. The van der Waals surface area contributed by atoms with Crippen LogP contribution in [0.25, 0.3) is 0 Å². The van der Waals surface area contributed by atoms with Crippen LogP contribution in [-0.4, -0.2) is 11.1 Å². The molecule has 0 spiro atoms. The first-order chi connectivity index (χ1) is 9.83. The molecule has 0 aliphatic heterocycles. The number of unbranched alkanes of at least 4 members (excludes halogenated alkanes) is 9. The van der Waals surface area contributed by atoms with Gasteiger partial charge in [-0.25, -0.2) is 0 Å². The van der Waals surface area contributed by atoms with Crippen molar-refractivity contribution in [3.8, 4) is 0 Å². The highest BCUT2D eigenvalue weighted by atomic mass is 16.4. The summed E-state index contributed by atoms with van der Waals surface area (Å²) in [6, 6.07) is 0. The Morgan fingerprint density at radius 2 is 1.10 bits per heavy atom. The zero-order chi connectivity index (χ0) is 16.6. The van der Waals surface area contributed by atoms with Crippen molar-refractivity contribution in [2.24, 2.45) is 5.41 Å². The summed E-state index contributed by atoms with van der Waals surface area (Å²) in [5.74, 6) is -0.658. The maximum Gasteiger partial charge on any atom is 0.303 e. The molecule has 2 heteroatoms. The zero-order valence-corrected chi connectivity index (χ0v) is 15.3. The van der Waals surface area contributed by atoms with Gasteiger partial charge in [0.25, 0.3) is 0 Å². The first kappa shape index (κ1) is 22.7. The van der Waals surface area contributed by atoms with Crippen LogP contribution in [0.1, 0.15) is 112 Å². The van der Waals surface area contributed by atoms with Gasteiger partial charge >= 0.3 is 5.97 Å². The van der Waals surface area contributed by atoms with Gasteiger partial charge in [-0.05, 0) is 11.8 Å². The first-order valence-corrected chi connectivity index (χ1v) is 9.05. The van der Waals surface area contributed by atoms with E-state index in [0.717, 1.165) is 12.8 Å². The minimum Gasteiger partial charge on any atom is -0.481 e. The SMILES string of the molecule is CCC(C)(C)C.CCCCCCCCCCCCC(=O)O. The molecule has 0 aromatic heterocycles. The van der Waals surface area contributed by atoms with Crippen molar-refractivity contribution in [2.75, 3.05) is 0 Å². The molecule has 0 aliphatic rings. The molecule has 128 valence electrons. The Morgan fingerprint density at radius 3 is 1.38 bits per heavy atom. The van der Waals surface area contributed by atoms with Gasteiger partial charge in [0.05, 0.1) is 0 Å². The van der Waals surface area contributed by atoms with Crippen LogP contribution in [0.4, 0.5) is 0 Å². The lowest BCUT2D eigenvalue weighted by molar-refractivity contribution is -0.137. The summed E-state index contributed by atoms with van der Waals surface area (Å²) in [4.78, 5) is 10.2. The highest BCUT2D eigenvalue weighted by Crippen LogP contribution is 2.16. The van der Waals surface area contributed by atoms with Crippen molar-refractivity contribution in [3.05, 3.63) is 0 Å². The molecule has 0 radical (unpaired) electrons. The molecule has 0 amide bonds. The summed E-state index contributed by atoms with van der Waals surface area (Å²) in [5, 5.41) is 8.44. The number of carboxylic acids is 1. The number of hydrogen-bond acceptors (Lipinski definition) is 1. The predicted molar refractivity (Wildman–Crippen MR) is 93.8 cm³/mol. The molecule has 0 fully saturated rings. The van der Waals surface area contributed by atoms with Gasteiger partial charge in [-0.2, -0.15) is 0 Å². The Labute approximate surface area is 133 Å². The molecule has 0 bridgehead atoms. The van der Waals surface area contributed by atoms with E-state index in [0.29, 0.717) is 11.8 Å². The van der Waals surface area contributed by atoms with Crippen LogP contribution in [0, 0.1) is 5.41 Å². The van der Waals surface area contributed by atoms with Crippen LogP contribution in [0.5, 0.6) is 0 Å². The van der Waals surface area contributed by atoms with Crippen LogP contribution >= 0.6 is 0 Å². The number of aliphatic carboxylic acids is 1. The monoisotopic (exact) mass is 300 g/mol. The van der Waals surface area contributed by atoms with E-state index in [1.54, 1.807) is 0 Å². The predicted octanol–water partition coefficient (Wildman–Crippen LogP) is 6.82. The fourth-order valence-electron chi connectivity index (χ4n) is 1.76. The van der Waals surface area contributed by atoms with Crippen molar-refractivity contribution >= 4 is 5.97 Å². The van der Waals surface area contributed by atoms with Gasteiger partial charge < -0.3 is 5.11 Å². The molecular formula is C19H40O2. The molecule has 0 saturated carbocycles. The summed E-state index contributed by atoms with van der Waals surface area (Å²) < 4.78 is 0. The Balaban J connectivity index is 0. The quantitative estimate of drug-likeness (QED) is 0.425. The smallest absolute Gasteiger partial charge is 0.303 e. The minimum atomic E-state index is -0.658. The highest BCUT2D eigenvalue weighted by molar-refractivity contribution is 5.66. The zero-order valence-electron chi connectivity index (χ0n) is 15.3. The van der Waals surface area contributed by atoms with Crippen LogP contribution in [-0.2, 0) is 4.79 Å². The Kier molecular flexibility index (Phi) is 17.2. The van der Waals surface area contributed by atoms with Gasteiger partial charge in [0.1, 0.15) is 0 Å². The molecule has 0 aliphatic carbocycles. The van der Waals surface area contributed by atoms with Crippen LogP contribution in [0.15, 0.2) is 0 Å². The third-order valence-corrected chi connectivity index (χ3v) is 3.80. The standard InChI is InChI=1S/C13H26O2.C6H14/c1-2-3-4-5-6-7-8-9-10-11-12-13(14)15;1-5-6(2,3)4/h2-12H2,1H3,(H,14,15);5H2,1-4H3. The third kappa shape index (κ3) is 28.4. The van der Waals surface area contributed by atoms with Gasteiger partial charge in [-0.3, -0.25) is 4.79 Å². The lowest BCUT2D eigenvalue weighted by atomic mass is 9.94. The molecule has 0 heterocycles. The topological polar surface area (TPSA) is 37.3 Å². The fraction of sp³-hybridized carbons (Fsp3) is 0.947. The Hall–Kier alpha value is -0.530. The highest BCUT2D eigenvalue weighted by Gasteiger charge is 2.03. The summed E-state index contributed by atoms with van der Waals surface area (Å²) in [6.07, 6.45) is 14.2. The van der Waals surface area contributed by atoms with Crippen LogP contribution in [0.3, 0.4) is 0 Å². The number of hydrogen-bond donors (Lipinski definition) is 1. The van der Waals surface area contributed by atoms with Gasteiger partial charge in [0.15, 0.2) is 0 Å². The average Bonchev–Trinajstić information content (AvgIpc) is 2.40. The van der Waals surface area contributed by atoms with Gasteiger partial charge in [-0.1, -0.05) is 98.8 Å². The largest absolute Gasteiger partial charge is 0.481 e. The van der Waals surface area contributed by atoms with E-state index in [9.17, 15) is 4.79 Å². The van der Waals surface area contributed by atoms with E-state index in [4.69, 9.17) is 5.11 Å². The van der Waals surface area contributed by atoms with Gasteiger partial charge in [0.2, 0.25) is 0 Å². The maximum absolute atomic E-state index is 10.2. The summed E-state index contributed by atoms with van der Waals surface area (Å²) in [5.41, 5.74) is 0.542. The van der Waals surface area contributed by atoms with E-state index in [2.05, 4.69) is 34.6 Å². The minimum absolute atomic E-state index is 0.344. The van der Waals surface area contributed by atoms with E-state index >= 15 is 0 Å². The molecule has 0 aromatic rings.